The number of aromatic nitrogens is 2. The fourth-order valence-electron chi connectivity index (χ4n) is 3.12. The SMILES string of the molecule is COc1cc(N2C[C@H](N)[C@@H](N3CCCCC3=O)C2)ncn1. The molecule has 2 fully saturated rings. The predicted molar refractivity (Wildman–Crippen MR) is 78.1 cm³/mol. The highest BCUT2D eigenvalue weighted by Gasteiger charge is 2.38. The quantitative estimate of drug-likeness (QED) is 0.844. The van der Waals surface area contributed by atoms with Crippen LogP contribution in [0.25, 0.3) is 0 Å². The van der Waals surface area contributed by atoms with Gasteiger partial charge in [0.05, 0.1) is 13.2 Å². The smallest absolute Gasteiger partial charge is 0.222 e. The third-order valence-corrected chi connectivity index (χ3v) is 4.25. The van der Waals surface area contributed by atoms with Gasteiger partial charge < -0.3 is 20.3 Å². The normalized spacial score (nSPS) is 26.3. The maximum absolute atomic E-state index is 12.1. The van der Waals surface area contributed by atoms with Crippen LogP contribution in [0.3, 0.4) is 0 Å². The lowest BCUT2D eigenvalue weighted by Gasteiger charge is -2.34. The first-order chi connectivity index (χ1) is 10.2. The van der Waals surface area contributed by atoms with Crippen molar-refractivity contribution in [2.24, 2.45) is 5.73 Å². The van der Waals surface area contributed by atoms with Crippen LogP contribution in [-0.2, 0) is 4.79 Å². The molecule has 2 atom stereocenters. The lowest BCUT2D eigenvalue weighted by atomic mass is 10.1. The number of hydrogen-bond acceptors (Lipinski definition) is 6. The molecule has 2 aliphatic heterocycles. The highest BCUT2D eigenvalue weighted by atomic mass is 16.5. The van der Waals surface area contributed by atoms with Gasteiger partial charge in [-0.25, -0.2) is 9.97 Å². The van der Waals surface area contributed by atoms with Gasteiger partial charge in [-0.1, -0.05) is 0 Å². The van der Waals surface area contributed by atoms with E-state index < -0.39 is 0 Å². The number of rotatable bonds is 3. The fraction of sp³-hybridized carbons (Fsp3) is 0.643. The Kier molecular flexibility index (Phi) is 3.92. The third-order valence-electron chi connectivity index (χ3n) is 4.25. The van der Waals surface area contributed by atoms with Crippen molar-refractivity contribution in [2.75, 3.05) is 31.6 Å². The molecule has 3 rings (SSSR count). The maximum atomic E-state index is 12.1. The van der Waals surface area contributed by atoms with Crippen molar-refractivity contribution >= 4 is 11.7 Å². The zero-order chi connectivity index (χ0) is 14.8. The van der Waals surface area contributed by atoms with Crippen molar-refractivity contribution in [1.29, 1.82) is 0 Å². The van der Waals surface area contributed by atoms with Crippen LogP contribution in [0.4, 0.5) is 5.82 Å². The molecule has 1 aromatic heterocycles. The van der Waals surface area contributed by atoms with Gasteiger partial charge in [-0.3, -0.25) is 4.79 Å². The Balaban J connectivity index is 1.74. The molecule has 7 heteroatoms. The number of ether oxygens (including phenoxy) is 1. The van der Waals surface area contributed by atoms with Gasteiger partial charge in [-0.05, 0) is 12.8 Å². The number of carbonyl (C=O) groups is 1. The molecule has 2 N–H and O–H groups in total. The number of amides is 1. The standard InChI is InChI=1S/C14H21N5O2/c1-21-13-6-12(16-9-17-13)18-7-10(15)11(8-18)19-5-3-2-4-14(19)20/h6,9-11H,2-5,7-8,15H2,1H3/t10-,11-/m0/s1. The molecule has 0 spiro atoms. The highest BCUT2D eigenvalue weighted by Crippen LogP contribution is 2.25. The lowest BCUT2D eigenvalue weighted by molar-refractivity contribution is -0.135. The molecular weight excluding hydrogens is 270 g/mol. The summed E-state index contributed by atoms with van der Waals surface area (Å²) in [5.74, 6) is 1.55. The van der Waals surface area contributed by atoms with Crippen molar-refractivity contribution in [3.05, 3.63) is 12.4 Å². The van der Waals surface area contributed by atoms with E-state index in [-0.39, 0.29) is 18.0 Å². The van der Waals surface area contributed by atoms with E-state index in [9.17, 15) is 4.79 Å². The molecule has 7 nitrogen and oxygen atoms in total. The summed E-state index contributed by atoms with van der Waals surface area (Å²) in [5, 5.41) is 0. The summed E-state index contributed by atoms with van der Waals surface area (Å²) in [5.41, 5.74) is 6.26. The fourth-order valence-corrected chi connectivity index (χ4v) is 3.12. The first-order valence-electron chi connectivity index (χ1n) is 7.35. The van der Waals surface area contributed by atoms with Gasteiger partial charge in [0.2, 0.25) is 11.8 Å². The number of piperidine rings is 1. The van der Waals surface area contributed by atoms with Gasteiger partial charge in [0.15, 0.2) is 0 Å². The van der Waals surface area contributed by atoms with Crippen LogP contribution < -0.4 is 15.4 Å². The highest BCUT2D eigenvalue weighted by molar-refractivity contribution is 5.77. The molecule has 0 saturated carbocycles. The van der Waals surface area contributed by atoms with Crippen LogP contribution in [0.5, 0.6) is 5.88 Å². The van der Waals surface area contributed by atoms with Gasteiger partial charge >= 0.3 is 0 Å². The second kappa shape index (κ2) is 5.85. The van der Waals surface area contributed by atoms with Crippen LogP contribution in [0, 0.1) is 0 Å². The van der Waals surface area contributed by atoms with Crippen LogP contribution in [0.15, 0.2) is 12.4 Å². The summed E-state index contributed by atoms with van der Waals surface area (Å²) < 4.78 is 5.13. The molecule has 2 aliphatic rings. The summed E-state index contributed by atoms with van der Waals surface area (Å²) in [6.07, 6.45) is 4.18. The molecule has 0 aliphatic carbocycles. The van der Waals surface area contributed by atoms with Crippen molar-refractivity contribution in [1.82, 2.24) is 14.9 Å². The predicted octanol–water partition coefficient (Wildman–Crippen LogP) is 0.0136. The average Bonchev–Trinajstić information content (AvgIpc) is 2.90. The van der Waals surface area contributed by atoms with Gasteiger partial charge in [-0.2, -0.15) is 0 Å². The summed E-state index contributed by atoms with van der Waals surface area (Å²) in [4.78, 5) is 24.4. The van der Waals surface area contributed by atoms with Crippen LogP contribution in [0.1, 0.15) is 19.3 Å². The zero-order valence-corrected chi connectivity index (χ0v) is 12.2. The summed E-state index contributed by atoms with van der Waals surface area (Å²) in [6, 6.07) is 1.82. The third kappa shape index (κ3) is 2.78. The molecule has 1 amide bonds. The number of methoxy groups -OCH3 is 1. The zero-order valence-electron chi connectivity index (χ0n) is 12.2. The second-order valence-corrected chi connectivity index (χ2v) is 5.60. The van der Waals surface area contributed by atoms with Gasteiger partial charge in [0.1, 0.15) is 12.1 Å². The molecule has 114 valence electrons. The molecule has 0 radical (unpaired) electrons. The minimum atomic E-state index is -0.0481. The first kappa shape index (κ1) is 14.1. The molecule has 1 aromatic rings. The number of nitrogens with two attached hydrogens (primary N) is 1. The summed E-state index contributed by atoms with van der Waals surface area (Å²) >= 11 is 0. The van der Waals surface area contributed by atoms with E-state index >= 15 is 0 Å². The van der Waals surface area contributed by atoms with E-state index in [0.29, 0.717) is 25.4 Å². The Morgan fingerprint density at radius 3 is 2.95 bits per heavy atom. The Labute approximate surface area is 124 Å². The van der Waals surface area contributed by atoms with E-state index in [1.54, 1.807) is 13.2 Å². The molecule has 21 heavy (non-hydrogen) atoms. The minimum Gasteiger partial charge on any atom is -0.481 e. The number of anilines is 1. The summed E-state index contributed by atoms with van der Waals surface area (Å²) in [6.45, 7) is 2.22. The van der Waals surface area contributed by atoms with E-state index in [2.05, 4.69) is 14.9 Å². The van der Waals surface area contributed by atoms with E-state index in [0.717, 1.165) is 25.2 Å². The molecular formula is C14H21N5O2. The largest absolute Gasteiger partial charge is 0.481 e. The first-order valence-corrected chi connectivity index (χ1v) is 7.35. The van der Waals surface area contributed by atoms with E-state index in [1.807, 2.05) is 4.90 Å². The molecule has 2 saturated heterocycles. The van der Waals surface area contributed by atoms with Crippen molar-refractivity contribution < 1.29 is 9.53 Å². The topological polar surface area (TPSA) is 84.6 Å². The average molecular weight is 291 g/mol. The molecule has 0 bridgehead atoms. The molecule has 0 unspecified atom stereocenters. The van der Waals surface area contributed by atoms with Crippen LogP contribution in [0.2, 0.25) is 0 Å². The van der Waals surface area contributed by atoms with Gasteiger partial charge in [-0.15, -0.1) is 0 Å². The van der Waals surface area contributed by atoms with Crippen molar-refractivity contribution in [3.8, 4) is 5.88 Å². The Bertz CT molecular complexity index is 524. The van der Waals surface area contributed by atoms with Crippen molar-refractivity contribution in [2.45, 2.75) is 31.3 Å². The monoisotopic (exact) mass is 291 g/mol. The number of carbonyl (C=O) groups excluding carboxylic acids is 1. The maximum Gasteiger partial charge on any atom is 0.222 e. The second-order valence-electron chi connectivity index (χ2n) is 5.60. The minimum absolute atomic E-state index is 0.0481. The number of nitrogens with zero attached hydrogens (tertiary/aromatic N) is 4. The Hall–Kier alpha value is -1.89. The van der Waals surface area contributed by atoms with Crippen molar-refractivity contribution in [3.63, 3.8) is 0 Å². The lowest BCUT2D eigenvalue weighted by Crippen LogP contribution is -2.51. The molecule has 0 aromatic carbocycles. The van der Waals surface area contributed by atoms with Gasteiger partial charge in [0.25, 0.3) is 0 Å². The Morgan fingerprint density at radius 2 is 2.19 bits per heavy atom. The molecule has 3 heterocycles. The van der Waals surface area contributed by atoms with E-state index in [4.69, 9.17) is 10.5 Å². The Morgan fingerprint density at radius 1 is 1.33 bits per heavy atom. The van der Waals surface area contributed by atoms with Gasteiger partial charge in [0, 0.05) is 38.2 Å². The van der Waals surface area contributed by atoms with Crippen LogP contribution in [-0.4, -0.2) is 59.6 Å². The van der Waals surface area contributed by atoms with E-state index in [1.165, 1.54) is 6.33 Å². The number of hydrogen-bond donors (Lipinski definition) is 1. The van der Waals surface area contributed by atoms with Crippen LogP contribution >= 0.6 is 0 Å². The number of likely N-dealkylation sites (tertiary alicyclic amines) is 1. The summed E-state index contributed by atoms with van der Waals surface area (Å²) in [7, 11) is 1.58.